The third-order valence-electron chi connectivity index (χ3n) is 7.11. The Morgan fingerprint density at radius 2 is 1.76 bits per heavy atom. The lowest BCUT2D eigenvalue weighted by Crippen LogP contribution is -2.36. The van der Waals surface area contributed by atoms with Crippen LogP contribution in [0.25, 0.3) is 10.2 Å². The summed E-state index contributed by atoms with van der Waals surface area (Å²) in [6.07, 6.45) is 4.37. The highest BCUT2D eigenvalue weighted by molar-refractivity contribution is 7.18. The summed E-state index contributed by atoms with van der Waals surface area (Å²) in [5, 5.41) is 15.8. The van der Waals surface area contributed by atoms with Gasteiger partial charge in [0.2, 0.25) is 0 Å². The Bertz CT molecular complexity index is 1210. The van der Waals surface area contributed by atoms with Crippen molar-refractivity contribution in [2.75, 3.05) is 59.6 Å². The molecule has 10 nitrogen and oxygen atoms in total. The van der Waals surface area contributed by atoms with Gasteiger partial charge in [0.25, 0.3) is 0 Å². The lowest BCUT2D eigenvalue weighted by atomic mass is 10.1. The van der Waals surface area contributed by atoms with E-state index in [1.165, 1.54) is 4.70 Å². The molecule has 1 unspecified atom stereocenters. The number of para-hydroxylation sites is 1. The quantitative estimate of drug-likeness (QED) is 0.265. The minimum atomic E-state index is -1.82. The number of carboxylic acid groups (broad SMARTS) is 2. The molecule has 5 rings (SSSR count). The van der Waals surface area contributed by atoms with Crippen LogP contribution in [0.3, 0.4) is 0 Å². The molecule has 0 amide bonds. The van der Waals surface area contributed by atoms with Crippen LogP contribution in [0.4, 0.5) is 0 Å². The number of hydrogen-bond acceptors (Lipinski definition) is 9. The normalized spacial score (nSPS) is 17.5. The number of benzene rings is 2. The van der Waals surface area contributed by atoms with Crippen molar-refractivity contribution in [3.63, 3.8) is 0 Å². The molecule has 2 saturated heterocycles. The molecule has 0 saturated carbocycles. The highest BCUT2D eigenvalue weighted by Crippen LogP contribution is 2.36. The fraction of sp³-hybridized carbons (Fsp3) is 0.500. The van der Waals surface area contributed by atoms with Crippen molar-refractivity contribution in [2.45, 2.75) is 37.9 Å². The number of hydrogen-bond donors (Lipinski definition) is 2. The van der Waals surface area contributed by atoms with Crippen molar-refractivity contribution in [1.29, 1.82) is 0 Å². The van der Waals surface area contributed by atoms with Gasteiger partial charge in [-0.2, -0.15) is 0 Å². The van der Waals surface area contributed by atoms with E-state index in [9.17, 15) is 0 Å². The van der Waals surface area contributed by atoms with Crippen molar-refractivity contribution in [2.24, 2.45) is 0 Å². The molecule has 2 aliphatic rings. The molecular formula is C30H39N3O7S. The van der Waals surface area contributed by atoms with E-state index >= 15 is 0 Å². The monoisotopic (exact) mass is 585 g/mol. The highest BCUT2D eigenvalue weighted by atomic mass is 32.1. The van der Waals surface area contributed by atoms with Crippen molar-refractivity contribution < 1.29 is 34.0 Å². The van der Waals surface area contributed by atoms with Crippen LogP contribution in [-0.4, -0.2) is 103 Å². The van der Waals surface area contributed by atoms with Crippen molar-refractivity contribution >= 4 is 33.5 Å². The molecule has 11 heteroatoms. The molecule has 2 aliphatic heterocycles. The lowest BCUT2D eigenvalue weighted by molar-refractivity contribution is -0.159. The maximum Gasteiger partial charge on any atom is 0.414 e. The van der Waals surface area contributed by atoms with Gasteiger partial charge in [0, 0.05) is 26.2 Å². The minimum absolute atomic E-state index is 0.175. The third-order valence-corrected chi connectivity index (χ3v) is 8.19. The number of morpholine rings is 1. The van der Waals surface area contributed by atoms with Gasteiger partial charge in [-0.05, 0) is 69.1 Å². The Morgan fingerprint density at radius 1 is 1.02 bits per heavy atom. The predicted octanol–water partition coefficient (Wildman–Crippen LogP) is 4.14. The number of fused-ring (bicyclic) bond motifs is 1. The van der Waals surface area contributed by atoms with Gasteiger partial charge in [-0.1, -0.05) is 24.3 Å². The number of aromatic nitrogens is 1. The van der Waals surface area contributed by atoms with E-state index in [4.69, 9.17) is 39.0 Å². The maximum atomic E-state index is 9.10. The van der Waals surface area contributed by atoms with Crippen molar-refractivity contribution in [1.82, 2.24) is 14.8 Å². The molecule has 1 aromatic heterocycles. The zero-order valence-electron chi connectivity index (χ0n) is 23.4. The standard InChI is InChI=1S/C28H37N3O3S.C2H2O4/c1-30-14-11-23(12-15-30)34-27(28-29-25-9-2-3-10-26(25)35-28)22-7-6-8-24(21-22)33-18-5-4-13-31-16-19-32-20-17-31;3-1(4)2(5)6/h2-3,6-10,21,23,27H,4-5,11-20H2,1H3;(H,3,4)(H,5,6). The number of ether oxygens (including phenoxy) is 3. The molecule has 0 spiro atoms. The number of unbranched alkanes of at least 4 members (excludes halogenated alkanes) is 1. The van der Waals surface area contributed by atoms with E-state index in [0.717, 1.165) is 100 Å². The number of carbonyl (C=O) groups is 2. The summed E-state index contributed by atoms with van der Waals surface area (Å²) in [5.74, 6) is -2.74. The first kappa shape index (κ1) is 30.9. The number of thiazole rings is 1. The average Bonchev–Trinajstić information content (AvgIpc) is 3.42. The second kappa shape index (κ2) is 15.8. The van der Waals surface area contributed by atoms with Gasteiger partial charge in [-0.15, -0.1) is 11.3 Å². The van der Waals surface area contributed by atoms with E-state index in [-0.39, 0.29) is 12.2 Å². The third kappa shape index (κ3) is 9.75. The van der Waals surface area contributed by atoms with Crippen LogP contribution in [0.15, 0.2) is 48.5 Å². The Labute approximate surface area is 244 Å². The van der Waals surface area contributed by atoms with E-state index in [2.05, 4.69) is 59.3 Å². The number of likely N-dealkylation sites (tertiary alicyclic amines) is 1. The maximum absolute atomic E-state index is 9.10. The second-order valence-corrected chi connectivity index (χ2v) is 11.3. The predicted molar refractivity (Wildman–Crippen MR) is 157 cm³/mol. The fourth-order valence-electron chi connectivity index (χ4n) is 4.81. The van der Waals surface area contributed by atoms with Crippen molar-refractivity contribution in [3.05, 3.63) is 59.1 Å². The summed E-state index contributed by atoms with van der Waals surface area (Å²) in [6.45, 7) is 7.82. The van der Waals surface area contributed by atoms with Gasteiger partial charge in [0.1, 0.15) is 16.9 Å². The second-order valence-electron chi connectivity index (χ2n) is 10.2. The van der Waals surface area contributed by atoms with Gasteiger partial charge in [0.05, 0.1) is 36.1 Å². The molecule has 0 bridgehead atoms. The summed E-state index contributed by atoms with van der Waals surface area (Å²) in [6, 6.07) is 16.8. The Kier molecular flexibility index (Phi) is 11.9. The van der Waals surface area contributed by atoms with Crippen molar-refractivity contribution in [3.8, 4) is 5.75 Å². The zero-order chi connectivity index (χ0) is 29.0. The van der Waals surface area contributed by atoms with E-state index in [0.29, 0.717) is 0 Å². The molecule has 1 atom stereocenters. The van der Waals surface area contributed by atoms with Crippen LogP contribution >= 0.6 is 11.3 Å². The van der Waals surface area contributed by atoms with E-state index in [1.54, 1.807) is 11.3 Å². The van der Waals surface area contributed by atoms with Crippen LogP contribution in [0, 0.1) is 0 Å². The van der Waals surface area contributed by atoms with E-state index < -0.39 is 11.9 Å². The number of piperidine rings is 1. The molecule has 222 valence electrons. The number of carboxylic acids is 2. The SMILES string of the molecule is CN1CCC(OC(c2cccc(OCCCCN3CCOCC3)c2)c2nc3ccccc3s2)CC1.O=C(O)C(=O)O. The molecule has 3 aromatic rings. The number of rotatable bonds is 10. The molecular weight excluding hydrogens is 546 g/mol. The number of aliphatic carboxylic acids is 2. The first-order chi connectivity index (χ1) is 19.9. The average molecular weight is 586 g/mol. The van der Waals surface area contributed by atoms with E-state index in [1.807, 2.05) is 6.07 Å². The molecule has 2 fully saturated rings. The molecule has 2 N–H and O–H groups in total. The summed E-state index contributed by atoms with van der Waals surface area (Å²) in [7, 11) is 2.18. The smallest absolute Gasteiger partial charge is 0.414 e. The first-order valence-corrected chi connectivity index (χ1v) is 14.9. The largest absolute Gasteiger partial charge is 0.494 e. The van der Waals surface area contributed by atoms with Gasteiger partial charge < -0.3 is 29.3 Å². The molecule has 0 radical (unpaired) electrons. The fourth-order valence-corrected chi connectivity index (χ4v) is 5.85. The highest BCUT2D eigenvalue weighted by Gasteiger charge is 2.26. The van der Waals surface area contributed by atoms with Gasteiger partial charge in [-0.25, -0.2) is 14.6 Å². The van der Waals surface area contributed by atoms with Crippen LogP contribution in [0.2, 0.25) is 0 Å². The zero-order valence-corrected chi connectivity index (χ0v) is 24.3. The minimum Gasteiger partial charge on any atom is -0.494 e. The Morgan fingerprint density at radius 3 is 2.46 bits per heavy atom. The topological polar surface area (TPSA) is 122 Å². The summed E-state index contributed by atoms with van der Waals surface area (Å²) < 4.78 is 19.6. The van der Waals surface area contributed by atoms with Crippen LogP contribution in [0.5, 0.6) is 5.75 Å². The molecule has 0 aliphatic carbocycles. The van der Waals surface area contributed by atoms with Gasteiger partial charge in [-0.3, -0.25) is 4.90 Å². The van der Waals surface area contributed by atoms with Crippen LogP contribution < -0.4 is 4.74 Å². The van der Waals surface area contributed by atoms with Gasteiger partial charge in [0.15, 0.2) is 0 Å². The summed E-state index contributed by atoms with van der Waals surface area (Å²) >= 11 is 1.73. The Balaban J connectivity index is 0.000000585. The van der Waals surface area contributed by atoms with Crippen LogP contribution in [-0.2, 0) is 19.1 Å². The first-order valence-electron chi connectivity index (χ1n) is 14.1. The Hall–Kier alpha value is -3.09. The van der Waals surface area contributed by atoms with Gasteiger partial charge >= 0.3 is 11.9 Å². The molecule has 3 heterocycles. The summed E-state index contributed by atoms with van der Waals surface area (Å²) in [5.41, 5.74) is 2.16. The molecule has 2 aromatic carbocycles. The van der Waals surface area contributed by atoms with Crippen LogP contribution in [0.1, 0.15) is 42.4 Å². The molecule has 41 heavy (non-hydrogen) atoms. The lowest BCUT2D eigenvalue weighted by Gasteiger charge is -2.31. The summed E-state index contributed by atoms with van der Waals surface area (Å²) in [4.78, 5) is 28.0. The number of nitrogens with zero attached hydrogens (tertiary/aromatic N) is 3.